The number of carbonyl (C=O) groups is 2. The molecule has 2 heterocycles. The summed E-state index contributed by atoms with van der Waals surface area (Å²) < 4.78 is 19.7. The zero-order chi connectivity index (χ0) is 24.1. The Hall–Kier alpha value is -4.20. The van der Waals surface area contributed by atoms with Crippen molar-refractivity contribution in [2.45, 2.75) is 0 Å². The zero-order valence-corrected chi connectivity index (χ0v) is 18.5. The highest BCUT2D eigenvalue weighted by atomic mass is 19.1. The molecule has 1 fully saturated rings. The van der Waals surface area contributed by atoms with Crippen molar-refractivity contribution in [2.24, 2.45) is 0 Å². The Balaban J connectivity index is 1.37. The van der Waals surface area contributed by atoms with Gasteiger partial charge >= 0.3 is 5.97 Å². The third-order valence-corrected chi connectivity index (χ3v) is 5.62. The molecule has 7 nitrogen and oxygen atoms in total. The Kier molecular flexibility index (Phi) is 6.87. The molecule has 0 spiro atoms. The molecule has 0 aliphatic carbocycles. The number of benzene rings is 2. The number of ether oxygens (including phenoxy) is 1. The second-order valence-corrected chi connectivity index (χ2v) is 7.84. The van der Waals surface area contributed by atoms with E-state index in [0.717, 1.165) is 5.69 Å². The molecule has 34 heavy (non-hydrogen) atoms. The van der Waals surface area contributed by atoms with E-state index in [9.17, 15) is 19.1 Å². The fourth-order valence-electron chi connectivity index (χ4n) is 3.83. The molecule has 1 amide bonds. The van der Waals surface area contributed by atoms with Crippen molar-refractivity contribution in [3.05, 3.63) is 90.5 Å². The highest BCUT2D eigenvalue weighted by Crippen LogP contribution is 2.26. The molecule has 174 valence electrons. The minimum Gasteiger partial charge on any atom is -0.506 e. The summed E-state index contributed by atoms with van der Waals surface area (Å²) in [6, 6.07) is 12.9. The van der Waals surface area contributed by atoms with E-state index in [1.54, 1.807) is 23.1 Å². The Labute approximate surface area is 196 Å². The molecule has 1 aliphatic heterocycles. The third-order valence-electron chi connectivity index (χ3n) is 5.62. The standard InChI is InChI=1S/C26H24FN3O4/c1-2-13-34-26(33)18-3-6-21(7-4-18)29-9-11-30(12-10-29)25(32)19-5-8-23(24(27)15-19)20-14-22(31)17-28-16-20/h2-8,14-17,31H,1,9-13H2. The number of hydrogen-bond donors (Lipinski definition) is 1. The van der Waals surface area contributed by atoms with Gasteiger partial charge in [0.05, 0.1) is 11.8 Å². The van der Waals surface area contributed by atoms with Gasteiger partial charge in [-0.3, -0.25) is 9.78 Å². The van der Waals surface area contributed by atoms with E-state index in [1.807, 2.05) is 12.1 Å². The number of pyridine rings is 1. The number of halogens is 1. The average Bonchev–Trinajstić information content (AvgIpc) is 2.87. The highest BCUT2D eigenvalue weighted by molar-refractivity contribution is 5.95. The van der Waals surface area contributed by atoms with Gasteiger partial charge in [-0.2, -0.15) is 0 Å². The Morgan fingerprint density at radius 2 is 1.74 bits per heavy atom. The number of aromatic nitrogens is 1. The van der Waals surface area contributed by atoms with Gasteiger partial charge in [0.15, 0.2) is 0 Å². The SMILES string of the molecule is C=CCOC(=O)c1ccc(N2CCN(C(=O)c3ccc(-c4cncc(O)c4)c(F)c3)CC2)cc1. The lowest BCUT2D eigenvalue weighted by Gasteiger charge is -2.36. The van der Waals surface area contributed by atoms with Crippen LogP contribution < -0.4 is 4.90 Å². The summed E-state index contributed by atoms with van der Waals surface area (Å²) in [6.07, 6.45) is 4.24. The van der Waals surface area contributed by atoms with E-state index in [2.05, 4.69) is 16.5 Å². The van der Waals surface area contributed by atoms with Crippen molar-refractivity contribution in [1.29, 1.82) is 0 Å². The number of carbonyl (C=O) groups excluding carboxylic acids is 2. The van der Waals surface area contributed by atoms with Crippen LogP contribution in [0.1, 0.15) is 20.7 Å². The molecule has 0 atom stereocenters. The minimum absolute atomic E-state index is 0.0582. The molecular weight excluding hydrogens is 437 g/mol. The van der Waals surface area contributed by atoms with Crippen LogP contribution in [0.3, 0.4) is 0 Å². The van der Waals surface area contributed by atoms with Crippen molar-refractivity contribution in [1.82, 2.24) is 9.88 Å². The Morgan fingerprint density at radius 1 is 1.03 bits per heavy atom. The smallest absolute Gasteiger partial charge is 0.338 e. The van der Waals surface area contributed by atoms with E-state index >= 15 is 0 Å². The summed E-state index contributed by atoms with van der Waals surface area (Å²) in [5, 5.41) is 9.58. The number of nitrogens with zero attached hydrogens (tertiary/aromatic N) is 3. The predicted molar refractivity (Wildman–Crippen MR) is 126 cm³/mol. The van der Waals surface area contributed by atoms with Gasteiger partial charge in [0.25, 0.3) is 5.91 Å². The summed E-state index contributed by atoms with van der Waals surface area (Å²) in [7, 11) is 0. The number of aromatic hydroxyl groups is 1. The fraction of sp³-hybridized carbons (Fsp3) is 0.192. The third kappa shape index (κ3) is 5.06. The van der Waals surface area contributed by atoms with Crippen LogP contribution in [-0.4, -0.2) is 59.7 Å². The molecule has 1 saturated heterocycles. The van der Waals surface area contributed by atoms with E-state index in [1.165, 1.54) is 36.7 Å². The van der Waals surface area contributed by atoms with E-state index in [-0.39, 0.29) is 29.4 Å². The number of anilines is 1. The quantitative estimate of drug-likeness (QED) is 0.443. The van der Waals surface area contributed by atoms with Gasteiger partial charge in [0.2, 0.25) is 0 Å². The van der Waals surface area contributed by atoms with Gasteiger partial charge in [-0.15, -0.1) is 0 Å². The van der Waals surface area contributed by atoms with Crippen LogP contribution in [0.25, 0.3) is 11.1 Å². The second-order valence-electron chi connectivity index (χ2n) is 7.84. The van der Waals surface area contributed by atoms with Crippen LogP contribution in [0.5, 0.6) is 5.75 Å². The highest BCUT2D eigenvalue weighted by Gasteiger charge is 2.23. The van der Waals surface area contributed by atoms with Crippen LogP contribution in [0.15, 0.2) is 73.6 Å². The lowest BCUT2D eigenvalue weighted by Crippen LogP contribution is -2.48. The summed E-state index contributed by atoms with van der Waals surface area (Å²) in [6.45, 7) is 5.89. The number of piperazine rings is 1. The summed E-state index contributed by atoms with van der Waals surface area (Å²) >= 11 is 0. The first-order valence-corrected chi connectivity index (χ1v) is 10.8. The van der Waals surface area contributed by atoms with Crippen LogP contribution in [0.4, 0.5) is 10.1 Å². The van der Waals surface area contributed by atoms with Gasteiger partial charge < -0.3 is 19.6 Å². The van der Waals surface area contributed by atoms with E-state index in [0.29, 0.717) is 37.3 Å². The zero-order valence-electron chi connectivity index (χ0n) is 18.5. The maximum Gasteiger partial charge on any atom is 0.338 e. The molecular formula is C26H24FN3O4. The first-order chi connectivity index (χ1) is 16.5. The monoisotopic (exact) mass is 461 g/mol. The van der Waals surface area contributed by atoms with Gasteiger partial charge in [-0.25, -0.2) is 9.18 Å². The van der Waals surface area contributed by atoms with Crippen molar-refractivity contribution in [3.63, 3.8) is 0 Å². The normalized spacial score (nSPS) is 13.4. The summed E-state index contributed by atoms with van der Waals surface area (Å²) in [4.78, 5) is 32.5. The van der Waals surface area contributed by atoms with Gasteiger partial charge in [-0.05, 0) is 42.5 Å². The molecule has 4 rings (SSSR count). The largest absolute Gasteiger partial charge is 0.506 e. The lowest BCUT2D eigenvalue weighted by molar-refractivity contribution is 0.0549. The van der Waals surface area contributed by atoms with Gasteiger partial charge in [0.1, 0.15) is 18.2 Å². The van der Waals surface area contributed by atoms with Crippen LogP contribution in [0.2, 0.25) is 0 Å². The molecule has 1 aromatic heterocycles. The summed E-state index contributed by atoms with van der Waals surface area (Å²) in [5.41, 5.74) is 2.38. The first kappa shape index (κ1) is 23.0. The molecule has 0 unspecified atom stereocenters. The second kappa shape index (κ2) is 10.2. The molecule has 0 radical (unpaired) electrons. The molecule has 1 N–H and O–H groups in total. The predicted octanol–water partition coefficient (Wildman–Crippen LogP) is 3.90. The fourth-order valence-corrected chi connectivity index (χ4v) is 3.83. The topological polar surface area (TPSA) is 83.0 Å². The van der Waals surface area contributed by atoms with Crippen molar-refractivity contribution in [2.75, 3.05) is 37.7 Å². The number of amides is 1. The molecule has 2 aromatic carbocycles. The molecule has 0 bridgehead atoms. The van der Waals surface area contributed by atoms with Crippen molar-refractivity contribution in [3.8, 4) is 16.9 Å². The average molecular weight is 461 g/mol. The van der Waals surface area contributed by atoms with Gasteiger partial charge in [0, 0.05) is 54.8 Å². The lowest BCUT2D eigenvalue weighted by atomic mass is 10.0. The number of rotatable bonds is 6. The van der Waals surface area contributed by atoms with Gasteiger partial charge in [-0.1, -0.05) is 18.7 Å². The van der Waals surface area contributed by atoms with Crippen LogP contribution in [-0.2, 0) is 4.74 Å². The Bertz CT molecular complexity index is 1200. The molecule has 8 heteroatoms. The first-order valence-electron chi connectivity index (χ1n) is 10.8. The van der Waals surface area contributed by atoms with Crippen molar-refractivity contribution < 1.29 is 23.8 Å². The van der Waals surface area contributed by atoms with Crippen molar-refractivity contribution >= 4 is 17.6 Å². The molecule has 1 aliphatic rings. The van der Waals surface area contributed by atoms with Crippen LogP contribution in [0, 0.1) is 5.82 Å². The minimum atomic E-state index is -0.552. The molecule has 3 aromatic rings. The maximum atomic E-state index is 14.7. The number of esters is 1. The molecule has 0 saturated carbocycles. The Morgan fingerprint density at radius 3 is 2.38 bits per heavy atom. The summed E-state index contributed by atoms with van der Waals surface area (Å²) in [5.74, 6) is -1.25. The van der Waals surface area contributed by atoms with E-state index < -0.39 is 11.8 Å². The maximum absolute atomic E-state index is 14.7. The van der Waals surface area contributed by atoms with Crippen LogP contribution >= 0.6 is 0 Å². The number of hydrogen-bond acceptors (Lipinski definition) is 6. The van der Waals surface area contributed by atoms with E-state index in [4.69, 9.17) is 4.74 Å².